The molecule has 0 saturated carbocycles. The zero-order valence-corrected chi connectivity index (χ0v) is 9.44. The fourth-order valence-corrected chi connectivity index (χ4v) is 2.13. The predicted octanol–water partition coefficient (Wildman–Crippen LogP) is 2.51. The summed E-state index contributed by atoms with van der Waals surface area (Å²) in [7, 11) is 0. The lowest BCUT2D eigenvalue weighted by Gasteiger charge is -2.35. The summed E-state index contributed by atoms with van der Waals surface area (Å²) in [5.74, 6) is 0. The van der Waals surface area contributed by atoms with Gasteiger partial charge in [0.05, 0.1) is 12.7 Å². The first-order valence-corrected chi connectivity index (χ1v) is 5.74. The summed E-state index contributed by atoms with van der Waals surface area (Å²) in [4.78, 5) is 0. The Morgan fingerprint density at radius 2 is 2.07 bits per heavy atom. The van der Waals surface area contributed by atoms with Crippen LogP contribution in [-0.2, 0) is 4.74 Å². The number of benzene rings is 1. The van der Waals surface area contributed by atoms with Crippen molar-refractivity contribution < 1.29 is 4.74 Å². The van der Waals surface area contributed by atoms with E-state index < -0.39 is 0 Å². The van der Waals surface area contributed by atoms with E-state index in [4.69, 9.17) is 4.74 Å². The summed E-state index contributed by atoms with van der Waals surface area (Å²) in [6, 6.07) is 11.4. The first kappa shape index (κ1) is 10.7. The molecule has 1 N–H and O–H groups in total. The number of rotatable bonds is 2. The van der Waals surface area contributed by atoms with Crippen LogP contribution in [0.2, 0.25) is 0 Å². The molecular weight excluding hydrogens is 186 g/mol. The third-order valence-electron chi connectivity index (χ3n) is 3.05. The molecule has 15 heavy (non-hydrogen) atoms. The van der Waals surface area contributed by atoms with Gasteiger partial charge in [0, 0.05) is 12.1 Å². The van der Waals surface area contributed by atoms with E-state index in [0.29, 0.717) is 12.1 Å². The highest BCUT2D eigenvalue weighted by Crippen LogP contribution is 2.25. The zero-order valence-electron chi connectivity index (χ0n) is 9.44. The Morgan fingerprint density at radius 1 is 1.33 bits per heavy atom. The molecule has 1 aliphatic rings. The quantitative estimate of drug-likeness (QED) is 0.801. The largest absolute Gasteiger partial charge is 0.370 e. The highest BCUT2D eigenvalue weighted by atomic mass is 16.5. The summed E-state index contributed by atoms with van der Waals surface area (Å²) in [6.07, 6.45) is 1.33. The third-order valence-corrected chi connectivity index (χ3v) is 3.05. The van der Waals surface area contributed by atoms with Crippen molar-refractivity contribution in [2.45, 2.75) is 38.5 Å². The van der Waals surface area contributed by atoms with E-state index in [9.17, 15) is 0 Å². The average Bonchev–Trinajstić information content (AvgIpc) is 2.30. The summed E-state index contributed by atoms with van der Waals surface area (Å²) in [6.45, 7) is 5.20. The van der Waals surface area contributed by atoms with E-state index >= 15 is 0 Å². The Hall–Kier alpha value is -0.860. The highest BCUT2D eigenvalue weighted by Gasteiger charge is 2.27. The van der Waals surface area contributed by atoms with Crippen LogP contribution in [0.5, 0.6) is 0 Å². The lowest BCUT2D eigenvalue weighted by Crippen LogP contribution is -2.48. The predicted molar refractivity (Wildman–Crippen MR) is 61.8 cm³/mol. The molecule has 82 valence electrons. The molecule has 2 nitrogen and oxygen atoms in total. The maximum absolute atomic E-state index is 5.92. The van der Waals surface area contributed by atoms with Crippen molar-refractivity contribution in [1.29, 1.82) is 0 Å². The molecule has 0 aliphatic carbocycles. The van der Waals surface area contributed by atoms with Gasteiger partial charge in [0.1, 0.15) is 0 Å². The van der Waals surface area contributed by atoms with Crippen LogP contribution in [0.15, 0.2) is 30.3 Å². The smallest absolute Gasteiger partial charge is 0.0975 e. The molecule has 2 heteroatoms. The van der Waals surface area contributed by atoms with Crippen molar-refractivity contribution in [3.8, 4) is 0 Å². The van der Waals surface area contributed by atoms with Crippen LogP contribution >= 0.6 is 0 Å². The second-order valence-corrected chi connectivity index (χ2v) is 4.23. The molecule has 3 unspecified atom stereocenters. The molecule has 1 fully saturated rings. The lowest BCUT2D eigenvalue weighted by molar-refractivity contribution is -0.0251. The molecule has 1 aromatic carbocycles. The minimum atomic E-state index is 0.203. The number of hydrogen-bond acceptors (Lipinski definition) is 2. The van der Waals surface area contributed by atoms with Crippen molar-refractivity contribution in [1.82, 2.24) is 5.32 Å². The van der Waals surface area contributed by atoms with Gasteiger partial charge >= 0.3 is 0 Å². The Bertz CT molecular complexity index is 299. The van der Waals surface area contributed by atoms with E-state index in [1.54, 1.807) is 0 Å². The molecule has 1 heterocycles. The average molecular weight is 205 g/mol. The van der Waals surface area contributed by atoms with Gasteiger partial charge in [-0.1, -0.05) is 37.3 Å². The van der Waals surface area contributed by atoms with Crippen LogP contribution in [0, 0.1) is 0 Å². The minimum absolute atomic E-state index is 0.203. The van der Waals surface area contributed by atoms with Crippen molar-refractivity contribution in [2.24, 2.45) is 0 Å². The molecule has 0 radical (unpaired) electrons. The van der Waals surface area contributed by atoms with Crippen LogP contribution in [0.4, 0.5) is 0 Å². The van der Waals surface area contributed by atoms with Gasteiger partial charge in [0.25, 0.3) is 0 Å². The van der Waals surface area contributed by atoms with E-state index in [1.807, 2.05) is 6.07 Å². The van der Waals surface area contributed by atoms with Crippen LogP contribution in [-0.4, -0.2) is 18.7 Å². The van der Waals surface area contributed by atoms with Gasteiger partial charge in [0.2, 0.25) is 0 Å². The Labute approximate surface area is 91.6 Å². The van der Waals surface area contributed by atoms with E-state index in [1.165, 1.54) is 5.56 Å². The van der Waals surface area contributed by atoms with Gasteiger partial charge < -0.3 is 10.1 Å². The fourth-order valence-electron chi connectivity index (χ4n) is 2.13. The minimum Gasteiger partial charge on any atom is -0.370 e. The molecule has 1 aromatic rings. The van der Waals surface area contributed by atoms with Crippen LogP contribution in [0.1, 0.15) is 31.9 Å². The summed E-state index contributed by atoms with van der Waals surface area (Å²) in [5.41, 5.74) is 1.27. The normalized spacial score (nSPS) is 31.5. The summed E-state index contributed by atoms with van der Waals surface area (Å²) >= 11 is 0. The molecule has 3 atom stereocenters. The molecule has 0 bridgehead atoms. The molecule has 0 amide bonds. The second-order valence-electron chi connectivity index (χ2n) is 4.23. The molecular formula is C13H19NO. The van der Waals surface area contributed by atoms with E-state index in [0.717, 1.165) is 13.0 Å². The van der Waals surface area contributed by atoms with Gasteiger partial charge in [-0.05, 0) is 18.9 Å². The maximum Gasteiger partial charge on any atom is 0.0975 e. The van der Waals surface area contributed by atoms with Gasteiger partial charge in [-0.2, -0.15) is 0 Å². The van der Waals surface area contributed by atoms with Crippen molar-refractivity contribution in [2.75, 3.05) is 6.61 Å². The number of morpholine rings is 1. The van der Waals surface area contributed by atoms with Crippen LogP contribution < -0.4 is 5.32 Å². The molecule has 1 saturated heterocycles. The lowest BCUT2D eigenvalue weighted by atomic mass is 10.00. The van der Waals surface area contributed by atoms with Gasteiger partial charge in [-0.15, -0.1) is 0 Å². The van der Waals surface area contributed by atoms with Gasteiger partial charge in [0.15, 0.2) is 0 Å². The van der Waals surface area contributed by atoms with E-state index in [2.05, 4.69) is 43.4 Å². The van der Waals surface area contributed by atoms with Crippen LogP contribution in [0.25, 0.3) is 0 Å². The fraction of sp³-hybridized carbons (Fsp3) is 0.538. The van der Waals surface area contributed by atoms with Crippen molar-refractivity contribution >= 4 is 0 Å². The number of ether oxygens (including phenoxy) is 1. The highest BCUT2D eigenvalue weighted by molar-refractivity contribution is 5.19. The van der Waals surface area contributed by atoms with Crippen molar-refractivity contribution in [3.63, 3.8) is 0 Å². The Kier molecular flexibility index (Phi) is 3.39. The number of nitrogens with one attached hydrogen (secondary N) is 1. The van der Waals surface area contributed by atoms with E-state index in [-0.39, 0.29) is 6.10 Å². The third kappa shape index (κ3) is 2.39. The maximum atomic E-state index is 5.92. The molecule has 0 spiro atoms. The summed E-state index contributed by atoms with van der Waals surface area (Å²) in [5, 5.41) is 3.59. The van der Waals surface area contributed by atoms with Crippen molar-refractivity contribution in [3.05, 3.63) is 35.9 Å². The molecule has 1 aliphatic heterocycles. The summed E-state index contributed by atoms with van der Waals surface area (Å²) < 4.78 is 5.92. The zero-order chi connectivity index (χ0) is 10.7. The standard InChI is InChI=1S/C13H19NO/c1-3-12-9-15-13(10(2)14-12)11-7-5-4-6-8-11/h4-8,10,12-14H,3,9H2,1-2H3. The molecule has 0 aromatic heterocycles. The SMILES string of the molecule is CCC1COC(c2ccccc2)C(C)N1. The topological polar surface area (TPSA) is 21.3 Å². The van der Waals surface area contributed by atoms with Gasteiger partial charge in [-0.3, -0.25) is 0 Å². The monoisotopic (exact) mass is 205 g/mol. The first-order chi connectivity index (χ1) is 7.31. The second kappa shape index (κ2) is 4.77. The molecule has 2 rings (SSSR count). The van der Waals surface area contributed by atoms with Gasteiger partial charge in [-0.25, -0.2) is 0 Å². The number of hydrogen-bond donors (Lipinski definition) is 1. The first-order valence-electron chi connectivity index (χ1n) is 5.74. The van der Waals surface area contributed by atoms with Crippen LogP contribution in [0.3, 0.4) is 0 Å². The Balaban J connectivity index is 2.06. The Morgan fingerprint density at radius 3 is 2.67 bits per heavy atom.